The van der Waals surface area contributed by atoms with E-state index in [2.05, 4.69) is 5.32 Å². The molecule has 1 heterocycles. The first kappa shape index (κ1) is 18.6. The highest BCUT2D eigenvalue weighted by molar-refractivity contribution is 6.16. The Hall–Kier alpha value is -3.22. The molecule has 2 aromatic rings. The summed E-state index contributed by atoms with van der Waals surface area (Å²) in [6.07, 6.45) is 0. The maximum Gasteiger partial charge on any atom is 0.332 e. The number of anilines is 2. The van der Waals surface area contributed by atoms with Gasteiger partial charge in [-0.05, 0) is 62.2 Å². The van der Waals surface area contributed by atoms with E-state index in [-0.39, 0.29) is 6.54 Å². The standard InChI is InChI=1S/C20H20FN3O3/c1-12-4-5-13(2)17(10-12)22-18(25)11-23-19(26)14(3)24(20(23)27)16-8-6-15(21)7-9-16/h4-10,14H,11H2,1-3H3,(H,22,25). The van der Waals surface area contributed by atoms with Gasteiger partial charge in [-0.1, -0.05) is 12.1 Å². The van der Waals surface area contributed by atoms with Crippen molar-refractivity contribution in [2.45, 2.75) is 26.8 Å². The van der Waals surface area contributed by atoms with E-state index in [1.54, 1.807) is 6.92 Å². The Kier molecular flexibility index (Phi) is 4.94. The molecule has 7 heteroatoms. The predicted octanol–water partition coefficient (Wildman–Crippen LogP) is 3.24. The maximum absolute atomic E-state index is 13.1. The van der Waals surface area contributed by atoms with Crippen molar-refractivity contribution in [3.05, 3.63) is 59.4 Å². The third-order valence-electron chi connectivity index (χ3n) is 4.52. The fourth-order valence-corrected chi connectivity index (χ4v) is 3.01. The number of urea groups is 1. The van der Waals surface area contributed by atoms with Crippen LogP contribution in [0.25, 0.3) is 0 Å². The topological polar surface area (TPSA) is 69.7 Å². The highest BCUT2D eigenvalue weighted by atomic mass is 19.1. The van der Waals surface area contributed by atoms with Crippen LogP contribution in [0.15, 0.2) is 42.5 Å². The van der Waals surface area contributed by atoms with Crippen molar-refractivity contribution < 1.29 is 18.8 Å². The molecular formula is C20H20FN3O3. The van der Waals surface area contributed by atoms with E-state index in [0.29, 0.717) is 11.4 Å². The lowest BCUT2D eigenvalue weighted by Gasteiger charge is -2.19. The van der Waals surface area contributed by atoms with Gasteiger partial charge in [-0.2, -0.15) is 0 Å². The fraction of sp³-hybridized carbons (Fsp3) is 0.250. The molecule has 27 heavy (non-hydrogen) atoms. The Morgan fingerprint density at radius 1 is 1.11 bits per heavy atom. The molecule has 1 unspecified atom stereocenters. The van der Waals surface area contributed by atoms with Crippen LogP contribution in [-0.4, -0.2) is 35.3 Å². The molecule has 1 fully saturated rings. The summed E-state index contributed by atoms with van der Waals surface area (Å²) >= 11 is 0. The predicted molar refractivity (Wildman–Crippen MR) is 100.0 cm³/mol. The van der Waals surface area contributed by atoms with Gasteiger partial charge in [0.05, 0.1) is 0 Å². The smallest absolute Gasteiger partial charge is 0.324 e. The van der Waals surface area contributed by atoms with Crippen LogP contribution in [-0.2, 0) is 9.59 Å². The summed E-state index contributed by atoms with van der Waals surface area (Å²) in [5.41, 5.74) is 2.91. The van der Waals surface area contributed by atoms with E-state index in [4.69, 9.17) is 0 Å². The molecule has 140 valence electrons. The molecule has 0 aromatic heterocycles. The van der Waals surface area contributed by atoms with E-state index < -0.39 is 29.7 Å². The quantitative estimate of drug-likeness (QED) is 0.841. The molecular weight excluding hydrogens is 349 g/mol. The van der Waals surface area contributed by atoms with Gasteiger partial charge in [-0.3, -0.25) is 19.4 Å². The molecule has 0 aliphatic carbocycles. The SMILES string of the molecule is Cc1ccc(C)c(NC(=O)CN2C(=O)C(C)N(c3ccc(F)cc3)C2=O)c1. The lowest BCUT2D eigenvalue weighted by Crippen LogP contribution is -2.39. The highest BCUT2D eigenvalue weighted by Gasteiger charge is 2.44. The fourth-order valence-electron chi connectivity index (χ4n) is 3.01. The lowest BCUT2D eigenvalue weighted by molar-refractivity contribution is -0.130. The Bertz CT molecular complexity index is 911. The van der Waals surface area contributed by atoms with Gasteiger partial charge in [-0.15, -0.1) is 0 Å². The summed E-state index contributed by atoms with van der Waals surface area (Å²) in [5.74, 6) is -1.37. The number of halogens is 1. The molecule has 3 rings (SSSR count). The van der Waals surface area contributed by atoms with Gasteiger partial charge in [0, 0.05) is 11.4 Å². The van der Waals surface area contributed by atoms with Crippen LogP contribution in [0.4, 0.5) is 20.6 Å². The van der Waals surface area contributed by atoms with Crippen LogP contribution in [0.5, 0.6) is 0 Å². The number of rotatable bonds is 4. The molecule has 4 amide bonds. The molecule has 2 aromatic carbocycles. The molecule has 1 saturated heterocycles. The van der Waals surface area contributed by atoms with Crippen molar-refractivity contribution in [3.63, 3.8) is 0 Å². The molecule has 6 nitrogen and oxygen atoms in total. The number of hydrogen-bond donors (Lipinski definition) is 1. The first-order valence-electron chi connectivity index (χ1n) is 8.55. The van der Waals surface area contributed by atoms with Crippen LogP contribution < -0.4 is 10.2 Å². The largest absolute Gasteiger partial charge is 0.332 e. The molecule has 0 saturated carbocycles. The molecule has 0 radical (unpaired) electrons. The van der Waals surface area contributed by atoms with Gasteiger partial charge in [0.1, 0.15) is 18.4 Å². The third kappa shape index (κ3) is 3.67. The average Bonchev–Trinajstić information content (AvgIpc) is 2.83. The average molecular weight is 369 g/mol. The molecule has 0 bridgehead atoms. The van der Waals surface area contributed by atoms with E-state index in [0.717, 1.165) is 16.0 Å². The van der Waals surface area contributed by atoms with Gasteiger partial charge in [0.15, 0.2) is 0 Å². The van der Waals surface area contributed by atoms with E-state index in [1.165, 1.54) is 29.2 Å². The summed E-state index contributed by atoms with van der Waals surface area (Å²) < 4.78 is 13.1. The number of aryl methyl sites for hydroxylation is 2. The van der Waals surface area contributed by atoms with Crippen LogP contribution in [0.2, 0.25) is 0 Å². The van der Waals surface area contributed by atoms with Crippen LogP contribution in [0, 0.1) is 19.7 Å². The van der Waals surface area contributed by atoms with Crippen molar-refractivity contribution in [2.75, 3.05) is 16.8 Å². The normalized spacial score (nSPS) is 16.8. The van der Waals surface area contributed by atoms with Crippen LogP contribution in [0.1, 0.15) is 18.1 Å². The van der Waals surface area contributed by atoms with Gasteiger partial charge in [0.2, 0.25) is 5.91 Å². The van der Waals surface area contributed by atoms with Crippen molar-refractivity contribution in [1.29, 1.82) is 0 Å². The molecule has 1 atom stereocenters. The van der Waals surface area contributed by atoms with Crippen LogP contribution >= 0.6 is 0 Å². The van der Waals surface area contributed by atoms with Crippen molar-refractivity contribution >= 4 is 29.2 Å². The van der Waals surface area contributed by atoms with E-state index >= 15 is 0 Å². The van der Waals surface area contributed by atoms with E-state index in [1.807, 2.05) is 32.0 Å². The van der Waals surface area contributed by atoms with Crippen molar-refractivity contribution in [1.82, 2.24) is 4.90 Å². The summed E-state index contributed by atoms with van der Waals surface area (Å²) in [5, 5.41) is 2.74. The zero-order valence-corrected chi connectivity index (χ0v) is 15.3. The Labute approximate surface area is 156 Å². The first-order chi connectivity index (χ1) is 12.8. The third-order valence-corrected chi connectivity index (χ3v) is 4.52. The monoisotopic (exact) mass is 369 g/mol. The summed E-state index contributed by atoms with van der Waals surface area (Å²) in [6.45, 7) is 4.96. The number of nitrogens with one attached hydrogen (secondary N) is 1. The number of nitrogens with zero attached hydrogens (tertiary/aromatic N) is 2. The molecule has 1 N–H and O–H groups in total. The highest BCUT2D eigenvalue weighted by Crippen LogP contribution is 2.26. The second-order valence-corrected chi connectivity index (χ2v) is 6.60. The lowest BCUT2D eigenvalue weighted by atomic mass is 10.1. The van der Waals surface area contributed by atoms with Gasteiger partial charge in [0.25, 0.3) is 5.91 Å². The summed E-state index contributed by atoms with van der Waals surface area (Å²) in [6, 6.07) is 9.57. The number of carbonyl (C=O) groups is 3. The first-order valence-corrected chi connectivity index (χ1v) is 8.55. The minimum absolute atomic E-state index is 0.382. The van der Waals surface area contributed by atoms with Gasteiger partial charge in [-0.25, -0.2) is 9.18 Å². The minimum atomic E-state index is -0.767. The maximum atomic E-state index is 13.1. The second-order valence-electron chi connectivity index (χ2n) is 6.60. The Morgan fingerprint density at radius 3 is 2.44 bits per heavy atom. The second kappa shape index (κ2) is 7.19. The number of benzene rings is 2. The molecule has 1 aliphatic heterocycles. The zero-order chi connectivity index (χ0) is 19.7. The van der Waals surface area contributed by atoms with Crippen molar-refractivity contribution in [3.8, 4) is 0 Å². The number of carbonyl (C=O) groups excluding carboxylic acids is 3. The molecule has 0 spiro atoms. The number of amides is 4. The minimum Gasteiger partial charge on any atom is -0.324 e. The van der Waals surface area contributed by atoms with Crippen molar-refractivity contribution in [2.24, 2.45) is 0 Å². The molecule has 1 aliphatic rings. The Morgan fingerprint density at radius 2 is 1.78 bits per heavy atom. The Balaban J connectivity index is 1.75. The summed E-state index contributed by atoms with van der Waals surface area (Å²) in [7, 11) is 0. The van der Waals surface area contributed by atoms with E-state index in [9.17, 15) is 18.8 Å². The summed E-state index contributed by atoms with van der Waals surface area (Å²) in [4.78, 5) is 39.7. The van der Waals surface area contributed by atoms with Gasteiger partial charge >= 0.3 is 6.03 Å². The number of imide groups is 1. The zero-order valence-electron chi connectivity index (χ0n) is 15.3. The number of hydrogen-bond acceptors (Lipinski definition) is 3. The van der Waals surface area contributed by atoms with Crippen LogP contribution in [0.3, 0.4) is 0 Å². The van der Waals surface area contributed by atoms with Gasteiger partial charge < -0.3 is 5.32 Å².